The summed E-state index contributed by atoms with van der Waals surface area (Å²) in [6.45, 7) is 0. The van der Waals surface area contributed by atoms with E-state index in [1.807, 2.05) is 11.3 Å². The maximum atomic E-state index is 2.43. The zero-order valence-corrected chi connectivity index (χ0v) is 28.7. The molecule has 0 radical (unpaired) electrons. The van der Waals surface area contributed by atoms with Gasteiger partial charge in [0.05, 0.1) is 15.8 Å². The highest BCUT2D eigenvalue weighted by Crippen LogP contribution is 2.58. The molecule has 8 aromatic carbocycles. The van der Waals surface area contributed by atoms with Crippen LogP contribution in [0.2, 0.25) is 0 Å². The molecule has 0 fully saturated rings. The molecule has 0 N–H and O–H groups in total. The summed E-state index contributed by atoms with van der Waals surface area (Å²) in [5, 5.41) is 2.60. The van der Waals surface area contributed by atoms with Crippen molar-refractivity contribution >= 4 is 48.6 Å². The van der Waals surface area contributed by atoms with Crippen LogP contribution in [-0.2, 0) is 5.41 Å². The third-order valence-electron chi connectivity index (χ3n) is 10.5. The molecule has 0 aliphatic heterocycles. The van der Waals surface area contributed by atoms with Gasteiger partial charge < -0.3 is 4.90 Å². The lowest BCUT2D eigenvalue weighted by atomic mass is 9.66. The highest BCUT2D eigenvalue weighted by molar-refractivity contribution is 7.26. The Morgan fingerprint density at radius 1 is 0.412 bits per heavy atom. The first-order valence-electron chi connectivity index (χ1n) is 17.5. The summed E-state index contributed by atoms with van der Waals surface area (Å²) < 4.78 is 2.56. The quantitative estimate of drug-likeness (QED) is 0.171. The standard InChI is InChI=1S/C49H33NS/c1-4-17-34(18-5-1)35-19-14-24-38(33-35)50(37-22-8-3-9-23-37)45-31-15-27-41-47-44(30-16-32-46(47)51-48(41)45)49(36-20-6-2-7-21-36)42-28-12-10-25-39(42)40-26-11-13-29-43(40)49/h1-33H. The molecule has 2 heteroatoms. The Morgan fingerprint density at radius 2 is 0.961 bits per heavy atom. The predicted molar refractivity (Wildman–Crippen MR) is 217 cm³/mol. The van der Waals surface area contributed by atoms with Gasteiger partial charge in [-0.3, -0.25) is 0 Å². The van der Waals surface area contributed by atoms with Crippen molar-refractivity contribution in [2.75, 3.05) is 4.90 Å². The average molecular weight is 668 g/mol. The second-order valence-electron chi connectivity index (χ2n) is 13.2. The van der Waals surface area contributed by atoms with E-state index in [0.717, 1.165) is 11.4 Å². The van der Waals surface area contributed by atoms with Gasteiger partial charge in [-0.15, -0.1) is 11.3 Å². The summed E-state index contributed by atoms with van der Waals surface area (Å²) in [7, 11) is 0. The fourth-order valence-electron chi connectivity index (χ4n) is 8.46. The third-order valence-corrected chi connectivity index (χ3v) is 11.7. The Labute approximate surface area is 302 Å². The first kappa shape index (κ1) is 29.7. The predicted octanol–water partition coefficient (Wildman–Crippen LogP) is 13.6. The van der Waals surface area contributed by atoms with Crippen LogP contribution >= 0.6 is 11.3 Å². The summed E-state index contributed by atoms with van der Waals surface area (Å²) >= 11 is 1.89. The normalized spacial score (nSPS) is 12.9. The van der Waals surface area contributed by atoms with E-state index in [4.69, 9.17) is 0 Å². The van der Waals surface area contributed by atoms with E-state index >= 15 is 0 Å². The third kappa shape index (κ3) is 4.54. The molecule has 10 rings (SSSR count). The van der Waals surface area contributed by atoms with Gasteiger partial charge in [0.1, 0.15) is 0 Å². The van der Waals surface area contributed by atoms with Gasteiger partial charge in [0.25, 0.3) is 0 Å². The molecular weight excluding hydrogens is 635 g/mol. The molecule has 0 atom stereocenters. The van der Waals surface area contributed by atoms with Crippen molar-refractivity contribution in [2.45, 2.75) is 5.41 Å². The van der Waals surface area contributed by atoms with E-state index in [0.29, 0.717) is 0 Å². The summed E-state index contributed by atoms with van der Waals surface area (Å²) in [6, 6.07) is 73.3. The number of fused-ring (bicyclic) bond motifs is 6. The minimum absolute atomic E-state index is 0.471. The number of hydrogen-bond acceptors (Lipinski definition) is 2. The van der Waals surface area contributed by atoms with Gasteiger partial charge in [-0.05, 0) is 80.9 Å². The molecule has 1 heterocycles. The van der Waals surface area contributed by atoms with Crippen molar-refractivity contribution < 1.29 is 0 Å². The lowest BCUT2D eigenvalue weighted by Crippen LogP contribution is -2.28. The van der Waals surface area contributed by atoms with Crippen LogP contribution < -0.4 is 4.90 Å². The van der Waals surface area contributed by atoms with Gasteiger partial charge in [-0.1, -0.05) is 164 Å². The summed E-state index contributed by atoms with van der Waals surface area (Å²) in [5.74, 6) is 0. The van der Waals surface area contributed by atoms with E-state index in [-0.39, 0.29) is 0 Å². The van der Waals surface area contributed by atoms with Gasteiger partial charge in [-0.25, -0.2) is 0 Å². The summed E-state index contributed by atoms with van der Waals surface area (Å²) in [6.07, 6.45) is 0. The van der Waals surface area contributed by atoms with Gasteiger partial charge in [0, 0.05) is 26.8 Å². The fourth-order valence-corrected chi connectivity index (χ4v) is 9.69. The van der Waals surface area contributed by atoms with Crippen molar-refractivity contribution in [2.24, 2.45) is 0 Å². The van der Waals surface area contributed by atoms with Crippen molar-refractivity contribution in [1.82, 2.24) is 0 Å². The van der Waals surface area contributed by atoms with Crippen LogP contribution in [0.3, 0.4) is 0 Å². The molecular formula is C49H33NS. The SMILES string of the molecule is c1ccc(-c2cccc(N(c3ccccc3)c3cccc4c3sc3cccc(C5(c6ccccc6)c6ccccc6-c6ccccc65)c34)c2)cc1. The van der Waals surface area contributed by atoms with Crippen LogP contribution in [-0.4, -0.2) is 0 Å². The Morgan fingerprint density at radius 3 is 1.69 bits per heavy atom. The van der Waals surface area contributed by atoms with Crippen LogP contribution in [0.5, 0.6) is 0 Å². The Bertz CT molecular complexity index is 2650. The molecule has 9 aromatic rings. The lowest BCUT2D eigenvalue weighted by molar-refractivity contribution is 0.777. The Hall–Kier alpha value is -6.22. The molecule has 0 amide bonds. The molecule has 0 spiro atoms. The van der Waals surface area contributed by atoms with E-state index in [2.05, 4.69) is 205 Å². The molecule has 1 aliphatic carbocycles. The number of benzene rings is 8. The largest absolute Gasteiger partial charge is 0.309 e. The van der Waals surface area contributed by atoms with E-state index < -0.39 is 5.41 Å². The van der Waals surface area contributed by atoms with Gasteiger partial charge >= 0.3 is 0 Å². The minimum Gasteiger partial charge on any atom is -0.309 e. The molecule has 1 aliphatic rings. The first-order valence-corrected chi connectivity index (χ1v) is 18.3. The molecule has 240 valence electrons. The molecule has 0 saturated heterocycles. The van der Waals surface area contributed by atoms with E-state index in [9.17, 15) is 0 Å². The monoisotopic (exact) mass is 667 g/mol. The van der Waals surface area contributed by atoms with Crippen LogP contribution in [0.25, 0.3) is 42.4 Å². The zero-order chi connectivity index (χ0) is 33.8. The fraction of sp³-hybridized carbons (Fsp3) is 0.0204. The maximum absolute atomic E-state index is 2.43. The van der Waals surface area contributed by atoms with Crippen LogP contribution in [0.1, 0.15) is 22.3 Å². The van der Waals surface area contributed by atoms with Crippen molar-refractivity contribution in [3.63, 3.8) is 0 Å². The zero-order valence-electron chi connectivity index (χ0n) is 27.9. The van der Waals surface area contributed by atoms with Crippen molar-refractivity contribution in [1.29, 1.82) is 0 Å². The second kappa shape index (κ2) is 12.0. The highest BCUT2D eigenvalue weighted by atomic mass is 32.1. The number of anilines is 3. The molecule has 0 saturated carbocycles. The molecule has 1 aromatic heterocycles. The van der Waals surface area contributed by atoms with E-state index in [1.165, 1.54) is 70.4 Å². The smallest absolute Gasteiger partial charge is 0.0720 e. The number of para-hydroxylation sites is 1. The van der Waals surface area contributed by atoms with Crippen LogP contribution in [0.15, 0.2) is 200 Å². The number of nitrogens with zero attached hydrogens (tertiary/aromatic N) is 1. The Kier molecular flexibility index (Phi) is 6.97. The van der Waals surface area contributed by atoms with Gasteiger partial charge in [0.15, 0.2) is 0 Å². The molecule has 51 heavy (non-hydrogen) atoms. The Balaban J connectivity index is 1.27. The molecule has 0 bridgehead atoms. The summed E-state index contributed by atoms with van der Waals surface area (Å²) in [5.41, 5.74) is 13.3. The van der Waals surface area contributed by atoms with Crippen molar-refractivity contribution in [3.05, 3.63) is 222 Å². The maximum Gasteiger partial charge on any atom is 0.0720 e. The summed E-state index contributed by atoms with van der Waals surface area (Å²) in [4.78, 5) is 2.43. The minimum atomic E-state index is -0.471. The van der Waals surface area contributed by atoms with Crippen molar-refractivity contribution in [3.8, 4) is 22.3 Å². The van der Waals surface area contributed by atoms with Crippen LogP contribution in [0.4, 0.5) is 17.1 Å². The number of rotatable bonds is 6. The van der Waals surface area contributed by atoms with Gasteiger partial charge in [-0.2, -0.15) is 0 Å². The topological polar surface area (TPSA) is 3.24 Å². The molecule has 0 unspecified atom stereocenters. The lowest BCUT2D eigenvalue weighted by Gasteiger charge is -2.34. The first-order chi connectivity index (χ1) is 25.3. The highest BCUT2D eigenvalue weighted by Gasteiger charge is 2.47. The van der Waals surface area contributed by atoms with E-state index in [1.54, 1.807) is 0 Å². The number of thiophene rings is 1. The van der Waals surface area contributed by atoms with Crippen LogP contribution in [0, 0.1) is 0 Å². The second-order valence-corrected chi connectivity index (χ2v) is 14.3. The number of hydrogen-bond donors (Lipinski definition) is 0. The van der Waals surface area contributed by atoms with Gasteiger partial charge in [0.2, 0.25) is 0 Å². The average Bonchev–Trinajstić information content (AvgIpc) is 3.74. The molecule has 1 nitrogen and oxygen atoms in total.